The number of alkyl halides is 1. The molecule has 2 heterocycles. The third kappa shape index (κ3) is 4.69. The summed E-state index contributed by atoms with van der Waals surface area (Å²) in [6, 6.07) is 4.99. The predicted molar refractivity (Wildman–Crippen MR) is 115 cm³/mol. The number of nitrogens with zero attached hydrogens (tertiary/aromatic N) is 1. The van der Waals surface area contributed by atoms with Gasteiger partial charge in [0.15, 0.2) is 5.25 Å². The van der Waals surface area contributed by atoms with Gasteiger partial charge < -0.3 is 15.3 Å². The smallest absolute Gasteiger partial charge is 0.327 e. The molecule has 4 unspecified atom stereocenters. The predicted octanol–water partition coefficient (Wildman–Crippen LogP) is 1.25. The normalized spacial score (nSPS) is 25.5. The number of carboxylic acids is 1. The molecule has 12 heteroatoms. The van der Waals surface area contributed by atoms with Crippen molar-refractivity contribution in [2.24, 2.45) is 0 Å². The van der Waals surface area contributed by atoms with Gasteiger partial charge in [0.05, 0.1) is 0 Å². The van der Waals surface area contributed by atoms with Gasteiger partial charge in [-0.2, -0.15) is 8.42 Å². The number of fused-ring (bicyclic) bond motifs is 1. The minimum atomic E-state index is -4.72. The summed E-state index contributed by atoms with van der Waals surface area (Å²) in [7, 11) is -4.72. The van der Waals surface area contributed by atoms with Crippen molar-refractivity contribution in [3.63, 3.8) is 0 Å². The summed E-state index contributed by atoms with van der Waals surface area (Å²) in [4.78, 5) is 37.9. The number of aryl methyl sites for hydroxylation is 1. The largest absolute Gasteiger partial charge is 0.480 e. The SMILES string of the molecule is CC1(C)SC2C(NC(=O)C(CCc3ccc(CCl)cc3)S(=O)(=O)O)C(=O)N2C1C(=O)O. The van der Waals surface area contributed by atoms with Crippen molar-refractivity contribution < 1.29 is 32.5 Å². The first-order valence-corrected chi connectivity index (χ1v) is 12.4. The molecule has 1 aromatic rings. The number of benzene rings is 1. The molecule has 2 saturated heterocycles. The summed E-state index contributed by atoms with van der Waals surface area (Å²) in [6.07, 6.45) is 0.0219. The molecule has 0 bridgehead atoms. The van der Waals surface area contributed by atoms with Crippen LogP contribution in [-0.4, -0.2) is 68.2 Å². The zero-order valence-electron chi connectivity index (χ0n) is 16.8. The first kappa shape index (κ1) is 23.8. The van der Waals surface area contributed by atoms with E-state index in [0.29, 0.717) is 5.88 Å². The molecular weight excluding hydrogens is 468 g/mol. The topological polar surface area (TPSA) is 141 Å². The van der Waals surface area contributed by atoms with Crippen molar-refractivity contribution in [3.05, 3.63) is 35.4 Å². The van der Waals surface area contributed by atoms with Gasteiger partial charge in [0.2, 0.25) is 11.8 Å². The number of thioether (sulfide) groups is 1. The van der Waals surface area contributed by atoms with Crippen LogP contribution in [0.2, 0.25) is 0 Å². The fourth-order valence-corrected chi connectivity index (χ4v) is 6.46. The number of carboxylic acid groups (broad SMARTS) is 1. The van der Waals surface area contributed by atoms with Crippen molar-refractivity contribution in [2.75, 3.05) is 0 Å². The van der Waals surface area contributed by atoms with Gasteiger partial charge in [-0.15, -0.1) is 23.4 Å². The minimum Gasteiger partial charge on any atom is -0.480 e. The summed E-state index contributed by atoms with van der Waals surface area (Å²) in [5.41, 5.74) is 1.65. The van der Waals surface area contributed by atoms with Crippen LogP contribution in [0.15, 0.2) is 24.3 Å². The van der Waals surface area contributed by atoms with Crippen molar-refractivity contribution in [1.82, 2.24) is 10.2 Å². The first-order valence-electron chi connectivity index (χ1n) is 9.50. The highest BCUT2D eigenvalue weighted by Crippen LogP contribution is 2.50. The molecule has 2 aliphatic rings. The molecule has 0 radical (unpaired) electrons. The lowest BCUT2D eigenvalue weighted by Crippen LogP contribution is -2.71. The molecule has 31 heavy (non-hydrogen) atoms. The van der Waals surface area contributed by atoms with Crippen molar-refractivity contribution in [2.45, 2.75) is 60.0 Å². The van der Waals surface area contributed by atoms with Crippen LogP contribution in [-0.2, 0) is 36.8 Å². The highest BCUT2D eigenvalue weighted by Gasteiger charge is 2.64. The summed E-state index contributed by atoms with van der Waals surface area (Å²) in [6.45, 7) is 3.38. The second-order valence-electron chi connectivity index (χ2n) is 8.08. The van der Waals surface area contributed by atoms with E-state index in [9.17, 15) is 32.5 Å². The van der Waals surface area contributed by atoms with Crippen LogP contribution in [0.4, 0.5) is 0 Å². The first-order chi connectivity index (χ1) is 14.4. The fourth-order valence-electron chi connectivity index (χ4n) is 3.90. The van der Waals surface area contributed by atoms with Gasteiger partial charge in [0.1, 0.15) is 17.5 Å². The molecule has 0 aliphatic carbocycles. The van der Waals surface area contributed by atoms with E-state index in [1.54, 1.807) is 38.1 Å². The van der Waals surface area contributed by atoms with Gasteiger partial charge in [0.25, 0.3) is 10.1 Å². The highest BCUT2D eigenvalue weighted by molar-refractivity contribution is 8.01. The van der Waals surface area contributed by atoms with Gasteiger partial charge in [-0.05, 0) is 37.8 Å². The van der Waals surface area contributed by atoms with E-state index in [1.165, 1.54) is 16.7 Å². The van der Waals surface area contributed by atoms with Gasteiger partial charge >= 0.3 is 5.97 Å². The second-order valence-corrected chi connectivity index (χ2v) is 11.7. The number of carbonyl (C=O) groups is 3. The number of hydrogen-bond acceptors (Lipinski definition) is 6. The fraction of sp³-hybridized carbons (Fsp3) is 0.526. The Labute approximate surface area is 189 Å². The van der Waals surface area contributed by atoms with Crippen LogP contribution in [0.5, 0.6) is 0 Å². The number of carbonyl (C=O) groups excluding carboxylic acids is 2. The van der Waals surface area contributed by atoms with E-state index in [2.05, 4.69) is 5.32 Å². The van der Waals surface area contributed by atoms with Crippen LogP contribution in [0.1, 0.15) is 31.4 Å². The van der Waals surface area contributed by atoms with Crippen molar-refractivity contribution in [1.29, 1.82) is 0 Å². The Bertz CT molecular complexity index is 997. The van der Waals surface area contributed by atoms with E-state index >= 15 is 0 Å². The standard InChI is InChI=1S/C19H23ClN2O7S2/c1-19(2)14(18(25)26)22-16(24)13(17(22)30-19)21-15(23)12(31(27,28)29)8-7-10-3-5-11(9-20)6-4-10/h3-6,12-14,17H,7-9H2,1-2H3,(H,21,23)(H,25,26)(H,27,28,29). The number of halogens is 1. The number of aliphatic carboxylic acids is 1. The van der Waals surface area contributed by atoms with Crippen LogP contribution < -0.4 is 5.32 Å². The Morgan fingerprint density at radius 1 is 1.26 bits per heavy atom. The van der Waals surface area contributed by atoms with E-state index in [1.807, 2.05) is 0 Å². The summed E-state index contributed by atoms with van der Waals surface area (Å²) in [5.74, 6) is -2.39. The monoisotopic (exact) mass is 490 g/mol. The number of nitrogens with one attached hydrogen (secondary N) is 1. The molecule has 3 N–H and O–H groups in total. The van der Waals surface area contributed by atoms with Crippen molar-refractivity contribution in [3.8, 4) is 0 Å². The third-order valence-corrected chi connectivity index (χ3v) is 8.55. The number of hydrogen-bond donors (Lipinski definition) is 3. The lowest BCUT2D eigenvalue weighted by molar-refractivity contribution is -0.161. The number of rotatable bonds is 8. The summed E-state index contributed by atoms with van der Waals surface area (Å²) in [5, 5.41) is 9.48. The van der Waals surface area contributed by atoms with Crippen LogP contribution >= 0.6 is 23.4 Å². The lowest BCUT2D eigenvalue weighted by Gasteiger charge is -2.43. The van der Waals surface area contributed by atoms with E-state index in [0.717, 1.165) is 11.1 Å². The Hall–Kier alpha value is -1.82. The maximum Gasteiger partial charge on any atom is 0.327 e. The minimum absolute atomic E-state index is 0.184. The van der Waals surface area contributed by atoms with Crippen LogP contribution in [0.25, 0.3) is 0 Å². The zero-order valence-corrected chi connectivity index (χ0v) is 19.2. The molecule has 0 spiro atoms. The third-order valence-electron chi connectivity index (χ3n) is 5.50. The Balaban J connectivity index is 1.69. The molecule has 170 valence electrons. The van der Waals surface area contributed by atoms with Gasteiger partial charge in [-0.25, -0.2) is 4.79 Å². The van der Waals surface area contributed by atoms with Gasteiger partial charge in [0, 0.05) is 10.6 Å². The van der Waals surface area contributed by atoms with Crippen molar-refractivity contribution >= 4 is 51.3 Å². The zero-order chi connectivity index (χ0) is 23.1. The Kier molecular flexibility index (Phi) is 6.62. The quantitative estimate of drug-likeness (QED) is 0.281. The molecule has 2 fully saturated rings. The second kappa shape index (κ2) is 8.61. The maximum atomic E-state index is 12.7. The van der Waals surface area contributed by atoms with E-state index in [4.69, 9.17) is 11.6 Å². The van der Waals surface area contributed by atoms with E-state index in [-0.39, 0.29) is 12.8 Å². The summed E-state index contributed by atoms with van der Waals surface area (Å²) >= 11 is 6.97. The molecule has 2 amide bonds. The van der Waals surface area contributed by atoms with Gasteiger partial charge in [-0.1, -0.05) is 24.3 Å². The van der Waals surface area contributed by atoms with Crippen LogP contribution in [0.3, 0.4) is 0 Å². The number of β-lactam (4-membered cyclic amide) rings is 1. The highest BCUT2D eigenvalue weighted by atomic mass is 35.5. The lowest BCUT2D eigenvalue weighted by atomic mass is 9.96. The maximum absolute atomic E-state index is 12.7. The molecular formula is C19H23ClN2O7S2. The molecule has 9 nitrogen and oxygen atoms in total. The average Bonchev–Trinajstić information content (AvgIpc) is 2.93. The summed E-state index contributed by atoms with van der Waals surface area (Å²) < 4.78 is 32.5. The van der Waals surface area contributed by atoms with E-state index < -0.39 is 55.4 Å². The Morgan fingerprint density at radius 3 is 2.35 bits per heavy atom. The molecule has 0 saturated carbocycles. The van der Waals surface area contributed by atoms with Crippen LogP contribution in [0, 0.1) is 0 Å². The Morgan fingerprint density at radius 2 is 1.84 bits per heavy atom. The molecule has 2 aliphatic heterocycles. The van der Waals surface area contributed by atoms with Gasteiger partial charge in [-0.3, -0.25) is 14.1 Å². The average molecular weight is 491 g/mol. The molecule has 1 aromatic carbocycles. The molecule has 4 atom stereocenters. The molecule has 0 aromatic heterocycles. The molecule has 3 rings (SSSR count). The number of amides is 2.